The van der Waals surface area contributed by atoms with Crippen molar-refractivity contribution >= 4 is 11.9 Å². The minimum Gasteiger partial charge on any atom is -0.497 e. The van der Waals surface area contributed by atoms with Crippen molar-refractivity contribution < 1.29 is 19.0 Å². The first-order valence-electron chi connectivity index (χ1n) is 7.35. The first-order valence-corrected chi connectivity index (χ1v) is 7.35. The largest absolute Gasteiger partial charge is 0.497 e. The molecule has 0 unspecified atom stereocenters. The van der Waals surface area contributed by atoms with Gasteiger partial charge >= 0.3 is 0 Å². The van der Waals surface area contributed by atoms with Gasteiger partial charge in [-0.15, -0.1) is 0 Å². The molecule has 2 rings (SSSR count). The third kappa shape index (κ3) is 4.36. The van der Waals surface area contributed by atoms with E-state index in [2.05, 4.69) is 0 Å². The van der Waals surface area contributed by atoms with Crippen LogP contribution in [0.1, 0.15) is 22.8 Å². The highest BCUT2D eigenvalue weighted by Gasteiger charge is 2.09. The Balaban J connectivity index is 2.25. The van der Waals surface area contributed by atoms with Gasteiger partial charge in [0.05, 0.1) is 26.4 Å². The third-order valence-corrected chi connectivity index (χ3v) is 3.25. The summed E-state index contributed by atoms with van der Waals surface area (Å²) < 4.78 is 15.9. The fraction of sp³-hybridized carbons (Fsp3) is 0.211. The van der Waals surface area contributed by atoms with Gasteiger partial charge in [-0.05, 0) is 42.8 Å². The second kappa shape index (κ2) is 8.03. The van der Waals surface area contributed by atoms with Crippen LogP contribution in [0.15, 0.2) is 48.5 Å². The maximum absolute atomic E-state index is 12.4. The number of ether oxygens (including phenoxy) is 3. The topological polar surface area (TPSA) is 44.8 Å². The number of benzene rings is 2. The minimum absolute atomic E-state index is 0.115. The molecule has 0 saturated carbocycles. The summed E-state index contributed by atoms with van der Waals surface area (Å²) in [7, 11) is 3.18. The molecule has 0 heterocycles. The fourth-order valence-corrected chi connectivity index (χ4v) is 2.14. The predicted octanol–water partition coefficient (Wildman–Crippen LogP) is 4.00. The van der Waals surface area contributed by atoms with Gasteiger partial charge in [0.25, 0.3) is 0 Å². The Labute approximate surface area is 136 Å². The SMILES string of the molecule is CCOc1ccccc1C(=O)/C=C/c1cc(OC)cc(OC)c1. The lowest BCUT2D eigenvalue weighted by atomic mass is 10.1. The second-order valence-corrected chi connectivity index (χ2v) is 4.77. The minimum atomic E-state index is -0.115. The van der Waals surface area contributed by atoms with Crippen LogP contribution in [0.25, 0.3) is 6.08 Å². The summed E-state index contributed by atoms with van der Waals surface area (Å²) in [6.07, 6.45) is 3.25. The first-order chi connectivity index (χ1) is 11.2. The van der Waals surface area contributed by atoms with Crippen molar-refractivity contribution in [3.05, 3.63) is 59.7 Å². The molecule has 2 aromatic carbocycles. The summed E-state index contributed by atoms with van der Waals surface area (Å²) in [6, 6.07) is 12.7. The molecule has 0 aromatic heterocycles. The molecule has 0 bridgehead atoms. The van der Waals surface area contributed by atoms with Crippen molar-refractivity contribution in [1.82, 2.24) is 0 Å². The standard InChI is InChI=1S/C19H20O4/c1-4-23-19-8-6-5-7-17(19)18(20)10-9-14-11-15(21-2)13-16(12-14)22-3/h5-13H,4H2,1-3H3/b10-9+. The second-order valence-electron chi connectivity index (χ2n) is 4.77. The van der Waals surface area contributed by atoms with E-state index in [9.17, 15) is 4.79 Å². The van der Waals surface area contributed by atoms with E-state index in [1.165, 1.54) is 6.08 Å². The van der Waals surface area contributed by atoms with E-state index < -0.39 is 0 Å². The van der Waals surface area contributed by atoms with E-state index in [1.54, 1.807) is 38.5 Å². The summed E-state index contributed by atoms with van der Waals surface area (Å²) in [5, 5.41) is 0. The molecule has 0 saturated heterocycles. The number of ketones is 1. The van der Waals surface area contributed by atoms with Crippen molar-refractivity contribution in [3.8, 4) is 17.2 Å². The van der Waals surface area contributed by atoms with Crippen LogP contribution in [0.4, 0.5) is 0 Å². The Hall–Kier alpha value is -2.75. The van der Waals surface area contributed by atoms with Crippen molar-refractivity contribution in [3.63, 3.8) is 0 Å². The molecular weight excluding hydrogens is 292 g/mol. The smallest absolute Gasteiger partial charge is 0.189 e. The van der Waals surface area contributed by atoms with Crippen molar-refractivity contribution in [2.24, 2.45) is 0 Å². The number of hydrogen-bond donors (Lipinski definition) is 0. The van der Waals surface area contributed by atoms with Crippen LogP contribution >= 0.6 is 0 Å². The van der Waals surface area contributed by atoms with Crippen molar-refractivity contribution in [2.75, 3.05) is 20.8 Å². The van der Waals surface area contributed by atoms with Gasteiger partial charge in [-0.3, -0.25) is 4.79 Å². The zero-order valence-electron chi connectivity index (χ0n) is 13.5. The van der Waals surface area contributed by atoms with Crippen LogP contribution in [-0.4, -0.2) is 26.6 Å². The van der Waals surface area contributed by atoms with Gasteiger partial charge in [-0.25, -0.2) is 0 Å². The number of rotatable bonds is 7. The first kappa shape index (κ1) is 16.6. The summed E-state index contributed by atoms with van der Waals surface area (Å²) in [5.41, 5.74) is 1.36. The van der Waals surface area contributed by atoms with Crippen LogP contribution in [0, 0.1) is 0 Å². The molecule has 0 spiro atoms. The van der Waals surface area contributed by atoms with Gasteiger partial charge in [0.15, 0.2) is 5.78 Å². The highest BCUT2D eigenvalue weighted by atomic mass is 16.5. The van der Waals surface area contributed by atoms with E-state index in [1.807, 2.05) is 31.2 Å². The van der Waals surface area contributed by atoms with Crippen LogP contribution in [0.5, 0.6) is 17.2 Å². The Morgan fingerprint density at radius 1 is 1.04 bits per heavy atom. The quantitative estimate of drug-likeness (QED) is 0.572. The normalized spacial score (nSPS) is 10.6. The highest BCUT2D eigenvalue weighted by molar-refractivity contribution is 6.08. The number of allylic oxidation sites excluding steroid dienone is 1. The molecule has 0 N–H and O–H groups in total. The molecular formula is C19H20O4. The van der Waals surface area contributed by atoms with Crippen LogP contribution < -0.4 is 14.2 Å². The molecule has 0 atom stereocenters. The fourth-order valence-electron chi connectivity index (χ4n) is 2.14. The Kier molecular flexibility index (Phi) is 5.80. The van der Waals surface area contributed by atoms with Gasteiger partial charge in [-0.1, -0.05) is 18.2 Å². The monoisotopic (exact) mass is 312 g/mol. The van der Waals surface area contributed by atoms with E-state index in [-0.39, 0.29) is 5.78 Å². The predicted molar refractivity (Wildman–Crippen MR) is 90.5 cm³/mol. The van der Waals surface area contributed by atoms with Crippen LogP contribution in [0.2, 0.25) is 0 Å². The van der Waals surface area contributed by atoms with Gasteiger partial charge in [0.1, 0.15) is 17.2 Å². The molecule has 0 aliphatic heterocycles. The van der Waals surface area contributed by atoms with Crippen LogP contribution in [0.3, 0.4) is 0 Å². The Morgan fingerprint density at radius 3 is 2.30 bits per heavy atom. The summed E-state index contributed by atoms with van der Waals surface area (Å²) in [6.45, 7) is 2.40. The maximum Gasteiger partial charge on any atom is 0.189 e. The molecule has 4 heteroatoms. The maximum atomic E-state index is 12.4. The molecule has 2 aromatic rings. The molecule has 0 aliphatic carbocycles. The average molecular weight is 312 g/mol. The number of carbonyl (C=O) groups excluding carboxylic acids is 1. The highest BCUT2D eigenvalue weighted by Crippen LogP contribution is 2.24. The lowest BCUT2D eigenvalue weighted by molar-refractivity contribution is 0.104. The number of para-hydroxylation sites is 1. The molecule has 0 radical (unpaired) electrons. The molecule has 23 heavy (non-hydrogen) atoms. The summed E-state index contributed by atoms with van der Waals surface area (Å²) in [4.78, 5) is 12.4. The van der Waals surface area contributed by atoms with E-state index >= 15 is 0 Å². The molecule has 120 valence electrons. The Morgan fingerprint density at radius 2 is 1.70 bits per heavy atom. The molecule has 4 nitrogen and oxygen atoms in total. The zero-order valence-corrected chi connectivity index (χ0v) is 13.5. The van der Waals surface area contributed by atoms with Gasteiger partial charge in [0.2, 0.25) is 0 Å². The molecule has 0 aliphatic rings. The third-order valence-electron chi connectivity index (χ3n) is 3.25. The van der Waals surface area contributed by atoms with Gasteiger partial charge in [0, 0.05) is 6.07 Å². The zero-order chi connectivity index (χ0) is 16.7. The van der Waals surface area contributed by atoms with Gasteiger partial charge < -0.3 is 14.2 Å². The van der Waals surface area contributed by atoms with Crippen molar-refractivity contribution in [1.29, 1.82) is 0 Å². The number of hydrogen-bond acceptors (Lipinski definition) is 4. The molecule has 0 fully saturated rings. The lowest BCUT2D eigenvalue weighted by Gasteiger charge is -2.07. The average Bonchev–Trinajstić information content (AvgIpc) is 2.60. The lowest BCUT2D eigenvalue weighted by Crippen LogP contribution is -2.01. The summed E-state index contributed by atoms with van der Waals surface area (Å²) in [5.74, 6) is 1.82. The van der Waals surface area contributed by atoms with E-state index in [0.717, 1.165) is 5.56 Å². The van der Waals surface area contributed by atoms with Crippen molar-refractivity contribution in [2.45, 2.75) is 6.92 Å². The van der Waals surface area contributed by atoms with E-state index in [0.29, 0.717) is 29.4 Å². The number of methoxy groups -OCH3 is 2. The number of carbonyl (C=O) groups is 1. The Bertz CT molecular complexity index is 682. The van der Waals surface area contributed by atoms with Gasteiger partial charge in [-0.2, -0.15) is 0 Å². The van der Waals surface area contributed by atoms with Crippen LogP contribution in [-0.2, 0) is 0 Å². The molecule has 0 amide bonds. The summed E-state index contributed by atoms with van der Waals surface area (Å²) >= 11 is 0. The van der Waals surface area contributed by atoms with E-state index in [4.69, 9.17) is 14.2 Å².